The minimum absolute atomic E-state index is 0.622. The minimum atomic E-state index is 0.622. The summed E-state index contributed by atoms with van der Waals surface area (Å²) in [5.41, 5.74) is 9.03. The zero-order valence-corrected chi connectivity index (χ0v) is 13.4. The molecular weight excluding hydrogens is 278 g/mol. The summed E-state index contributed by atoms with van der Waals surface area (Å²) in [7, 11) is 0. The number of nitrogens with zero attached hydrogens (tertiary/aromatic N) is 2. The first-order valence-corrected chi connectivity index (χ1v) is 8.74. The van der Waals surface area contributed by atoms with Crippen LogP contribution in [0.25, 0.3) is 0 Å². The average Bonchev–Trinajstić information content (AvgIpc) is 2.98. The third kappa shape index (κ3) is 3.62. The Hall–Kier alpha value is -1.42. The molecule has 0 bridgehead atoms. The van der Waals surface area contributed by atoms with Gasteiger partial charge in [-0.3, -0.25) is 4.68 Å². The van der Waals surface area contributed by atoms with Gasteiger partial charge in [-0.25, -0.2) is 0 Å². The summed E-state index contributed by atoms with van der Waals surface area (Å²) in [4.78, 5) is 1.26. The quantitative estimate of drug-likeness (QED) is 0.664. The Morgan fingerprint density at radius 1 is 1.24 bits per heavy atom. The molecule has 2 aromatic rings. The Kier molecular flexibility index (Phi) is 4.54. The number of anilines is 1. The molecule has 4 heteroatoms. The van der Waals surface area contributed by atoms with Crippen molar-refractivity contribution in [3.05, 3.63) is 41.7 Å². The van der Waals surface area contributed by atoms with Crippen molar-refractivity contribution in [2.24, 2.45) is 0 Å². The first-order chi connectivity index (χ1) is 10.2. The predicted octanol–water partition coefficient (Wildman–Crippen LogP) is 4.57. The maximum Gasteiger partial charge on any atom is 0.0727 e. The number of rotatable bonds is 4. The Balaban J connectivity index is 1.60. The lowest BCUT2D eigenvalue weighted by Gasteiger charge is -2.21. The van der Waals surface area contributed by atoms with Crippen molar-refractivity contribution in [1.82, 2.24) is 9.78 Å². The SMILES string of the molecule is Cc1cc(SCc2ccn(C3CCCCC3)n2)ccc1N. The monoisotopic (exact) mass is 301 g/mol. The van der Waals surface area contributed by atoms with E-state index in [4.69, 9.17) is 10.8 Å². The van der Waals surface area contributed by atoms with Crippen molar-refractivity contribution in [3.8, 4) is 0 Å². The molecule has 1 aliphatic carbocycles. The van der Waals surface area contributed by atoms with Gasteiger partial charge in [0, 0.05) is 22.5 Å². The molecular formula is C17H23N3S. The molecule has 1 heterocycles. The highest BCUT2D eigenvalue weighted by atomic mass is 32.2. The van der Waals surface area contributed by atoms with Gasteiger partial charge in [-0.15, -0.1) is 11.8 Å². The third-order valence-corrected chi connectivity index (χ3v) is 5.27. The van der Waals surface area contributed by atoms with Gasteiger partial charge in [0.25, 0.3) is 0 Å². The van der Waals surface area contributed by atoms with Crippen LogP contribution in [0, 0.1) is 6.92 Å². The molecule has 2 N–H and O–H groups in total. The number of hydrogen-bond acceptors (Lipinski definition) is 3. The van der Waals surface area contributed by atoms with Gasteiger partial charge < -0.3 is 5.73 Å². The maximum absolute atomic E-state index is 5.86. The zero-order valence-electron chi connectivity index (χ0n) is 12.6. The number of nitrogen functional groups attached to an aromatic ring is 1. The average molecular weight is 301 g/mol. The summed E-state index contributed by atoms with van der Waals surface area (Å²) in [6.07, 6.45) is 8.80. The number of hydrogen-bond donors (Lipinski definition) is 1. The van der Waals surface area contributed by atoms with Crippen LogP contribution < -0.4 is 5.73 Å². The highest BCUT2D eigenvalue weighted by Gasteiger charge is 2.15. The van der Waals surface area contributed by atoms with E-state index in [9.17, 15) is 0 Å². The Morgan fingerprint density at radius 3 is 2.81 bits per heavy atom. The van der Waals surface area contributed by atoms with Crippen LogP contribution in [0.4, 0.5) is 5.69 Å². The molecule has 1 aromatic carbocycles. The topological polar surface area (TPSA) is 43.8 Å². The fraction of sp³-hybridized carbons (Fsp3) is 0.471. The molecule has 3 rings (SSSR count). The van der Waals surface area contributed by atoms with Crippen LogP contribution in [0.15, 0.2) is 35.4 Å². The molecule has 0 radical (unpaired) electrons. The lowest BCUT2D eigenvalue weighted by atomic mass is 9.96. The smallest absolute Gasteiger partial charge is 0.0727 e. The Labute approximate surface area is 130 Å². The van der Waals surface area contributed by atoms with E-state index in [1.165, 1.54) is 42.7 Å². The standard InChI is InChI=1S/C17H23N3S/c1-13-11-16(7-8-17(13)18)21-12-14-9-10-20(19-14)15-5-3-2-4-6-15/h7-11,15H,2-6,12,18H2,1H3. The van der Waals surface area contributed by atoms with E-state index in [2.05, 4.69) is 36.0 Å². The van der Waals surface area contributed by atoms with Crippen molar-refractivity contribution < 1.29 is 0 Å². The molecule has 0 aliphatic heterocycles. The summed E-state index contributed by atoms with van der Waals surface area (Å²) in [5, 5.41) is 4.76. The van der Waals surface area contributed by atoms with Gasteiger partial charge in [0.2, 0.25) is 0 Å². The fourth-order valence-corrected chi connectivity index (χ4v) is 3.79. The lowest BCUT2D eigenvalue weighted by Crippen LogP contribution is -2.13. The molecule has 21 heavy (non-hydrogen) atoms. The highest BCUT2D eigenvalue weighted by Crippen LogP contribution is 2.29. The summed E-state index contributed by atoms with van der Waals surface area (Å²) < 4.78 is 2.18. The van der Waals surface area contributed by atoms with E-state index < -0.39 is 0 Å². The van der Waals surface area contributed by atoms with Crippen LogP contribution in [-0.4, -0.2) is 9.78 Å². The summed E-state index contributed by atoms with van der Waals surface area (Å²) in [5.74, 6) is 0.920. The van der Waals surface area contributed by atoms with Crippen LogP contribution in [0.5, 0.6) is 0 Å². The molecule has 1 fully saturated rings. The summed E-state index contributed by atoms with van der Waals surface area (Å²) >= 11 is 1.82. The van der Waals surface area contributed by atoms with Crippen molar-refractivity contribution in [3.63, 3.8) is 0 Å². The molecule has 0 saturated heterocycles. The van der Waals surface area contributed by atoms with Crippen LogP contribution in [0.2, 0.25) is 0 Å². The van der Waals surface area contributed by atoms with Crippen LogP contribution >= 0.6 is 11.8 Å². The van der Waals surface area contributed by atoms with E-state index >= 15 is 0 Å². The molecule has 1 saturated carbocycles. The Bertz CT molecular complexity index is 600. The fourth-order valence-electron chi connectivity index (χ4n) is 2.90. The van der Waals surface area contributed by atoms with Crippen molar-refractivity contribution in [2.45, 2.75) is 55.7 Å². The van der Waals surface area contributed by atoms with Gasteiger partial charge in [-0.05, 0) is 49.6 Å². The van der Waals surface area contributed by atoms with Crippen LogP contribution in [0.3, 0.4) is 0 Å². The van der Waals surface area contributed by atoms with Gasteiger partial charge >= 0.3 is 0 Å². The van der Waals surface area contributed by atoms with Gasteiger partial charge in [-0.2, -0.15) is 5.10 Å². The summed E-state index contributed by atoms with van der Waals surface area (Å²) in [6, 6.07) is 9.00. The number of thioether (sulfide) groups is 1. The van der Waals surface area contributed by atoms with Gasteiger partial charge in [0.15, 0.2) is 0 Å². The van der Waals surface area contributed by atoms with Crippen LogP contribution in [-0.2, 0) is 5.75 Å². The van der Waals surface area contributed by atoms with Crippen molar-refractivity contribution >= 4 is 17.4 Å². The maximum atomic E-state index is 5.86. The van der Waals surface area contributed by atoms with Gasteiger partial charge in [0.1, 0.15) is 0 Å². The van der Waals surface area contributed by atoms with Crippen molar-refractivity contribution in [2.75, 3.05) is 5.73 Å². The molecule has 3 nitrogen and oxygen atoms in total. The first kappa shape index (κ1) is 14.5. The van der Waals surface area contributed by atoms with E-state index in [1.54, 1.807) is 0 Å². The second kappa shape index (κ2) is 6.56. The molecule has 112 valence electrons. The number of aryl methyl sites for hydroxylation is 1. The molecule has 1 aliphatic rings. The Morgan fingerprint density at radius 2 is 2.05 bits per heavy atom. The first-order valence-electron chi connectivity index (χ1n) is 7.75. The molecule has 0 unspecified atom stereocenters. The van der Waals surface area contributed by atoms with E-state index in [1.807, 2.05) is 17.8 Å². The lowest BCUT2D eigenvalue weighted by molar-refractivity contribution is 0.328. The van der Waals surface area contributed by atoms with Crippen molar-refractivity contribution in [1.29, 1.82) is 0 Å². The normalized spacial score (nSPS) is 16.2. The number of nitrogens with two attached hydrogens (primary N) is 1. The number of benzene rings is 1. The second-order valence-electron chi connectivity index (χ2n) is 5.89. The molecule has 0 amide bonds. The predicted molar refractivity (Wildman–Crippen MR) is 89.5 cm³/mol. The van der Waals surface area contributed by atoms with Gasteiger partial charge in [0.05, 0.1) is 11.7 Å². The van der Waals surface area contributed by atoms with E-state index in [0.717, 1.165) is 17.0 Å². The third-order valence-electron chi connectivity index (χ3n) is 4.24. The largest absolute Gasteiger partial charge is 0.399 e. The molecule has 1 aromatic heterocycles. The second-order valence-corrected chi connectivity index (χ2v) is 6.93. The number of aromatic nitrogens is 2. The van der Waals surface area contributed by atoms with E-state index in [0.29, 0.717) is 6.04 Å². The van der Waals surface area contributed by atoms with Gasteiger partial charge in [-0.1, -0.05) is 19.3 Å². The zero-order chi connectivity index (χ0) is 14.7. The minimum Gasteiger partial charge on any atom is -0.399 e. The molecule has 0 spiro atoms. The van der Waals surface area contributed by atoms with E-state index in [-0.39, 0.29) is 0 Å². The highest BCUT2D eigenvalue weighted by molar-refractivity contribution is 7.98. The summed E-state index contributed by atoms with van der Waals surface area (Å²) in [6.45, 7) is 2.05. The van der Waals surface area contributed by atoms with Crippen LogP contribution in [0.1, 0.15) is 49.4 Å². The molecule has 0 atom stereocenters.